The van der Waals surface area contributed by atoms with Gasteiger partial charge >= 0.3 is 0 Å². The van der Waals surface area contributed by atoms with Crippen molar-refractivity contribution in [2.24, 2.45) is 0 Å². The van der Waals surface area contributed by atoms with Gasteiger partial charge in [0.05, 0.1) is 11.2 Å². The first-order valence-corrected chi connectivity index (χ1v) is 7.45. The lowest BCUT2D eigenvalue weighted by molar-refractivity contribution is -0.117. The van der Waals surface area contributed by atoms with Gasteiger partial charge in [0.1, 0.15) is 0 Å². The summed E-state index contributed by atoms with van der Waals surface area (Å²) in [6, 6.07) is 3.97. The van der Waals surface area contributed by atoms with Crippen LogP contribution in [0.5, 0.6) is 0 Å². The fourth-order valence-corrected chi connectivity index (χ4v) is 2.77. The number of rotatable bonds is 5. The number of aromatic nitrogens is 1. The summed E-state index contributed by atoms with van der Waals surface area (Å²) < 4.78 is 0. The van der Waals surface area contributed by atoms with Gasteiger partial charge in [-0.3, -0.25) is 4.79 Å². The first kappa shape index (κ1) is 13.0. The van der Waals surface area contributed by atoms with E-state index in [4.69, 9.17) is 0 Å². The highest BCUT2D eigenvalue weighted by Gasteiger charge is 2.04. The Hall–Kier alpha value is -1.46. The van der Waals surface area contributed by atoms with Crippen molar-refractivity contribution in [1.29, 1.82) is 0 Å². The Labute approximate surface area is 114 Å². The number of nitrogens with one attached hydrogen (secondary N) is 1. The molecule has 0 atom stereocenters. The van der Waals surface area contributed by atoms with E-state index in [1.54, 1.807) is 28.2 Å². The second-order valence-corrected chi connectivity index (χ2v) is 5.53. The molecule has 3 nitrogen and oxygen atoms in total. The van der Waals surface area contributed by atoms with Gasteiger partial charge in [0, 0.05) is 28.8 Å². The van der Waals surface area contributed by atoms with Gasteiger partial charge in [-0.25, -0.2) is 4.98 Å². The molecule has 0 aliphatic carbocycles. The van der Waals surface area contributed by atoms with E-state index in [-0.39, 0.29) is 5.91 Å². The molecular weight excluding hydrogens is 264 g/mol. The van der Waals surface area contributed by atoms with Crippen LogP contribution < -0.4 is 5.32 Å². The molecule has 0 aliphatic heterocycles. The van der Waals surface area contributed by atoms with Crippen molar-refractivity contribution in [1.82, 2.24) is 10.3 Å². The second-order valence-electron chi connectivity index (χ2n) is 3.83. The first-order chi connectivity index (χ1) is 8.75. The van der Waals surface area contributed by atoms with E-state index in [2.05, 4.69) is 10.3 Å². The third-order valence-corrected chi connectivity index (χ3v) is 3.86. The Balaban J connectivity index is 1.81. The molecule has 5 heteroatoms. The molecule has 0 spiro atoms. The molecule has 0 aliphatic rings. The zero-order chi connectivity index (χ0) is 12.8. The summed E-state index contributed by atoms with van der Waals surface area (Å²) in [6.07, 6.45) is 2.68. The highest BCUT2D eigenvalue weighted by Crippen LogP contribution is 2.13. The van der Waals surface area contributed by atoms with Crippen molar-refractivity contribution in [3.63, 3.8) is 0 Å². The van der Waals surface area contributed by atoms with Gasteiger partial charge in [0.2, 0.25) is 5.91 Å². The van der Waals surface area contributed by atoms with Crippen LogP contribution in [-0.4, -0.2) is 17.4 Å². The quantitative estimate of drug-likeness (QED) is 0.854. The topological polar surface area (TPSA) is 42.0 Å². The third-order valence-electron chi connectivity index (χ3n) is 2.41. The molecule has 94 valence electrons. The Morgan fingerprint density at radius 3 is 3.11 bits per heavy atom. The number of thiophene rings is 1. The SMILES string of the molecule is C/C(=C\c1cccs1)C(=O)NCCc1cscn1. The predicted octanol–water partition coefficient (Wildman–Crippen LogP) is 2.97. The minimum atomic E-state index is -0.0152. The van der Waals surface area contributed by atoms with Gasteiger partial charge in [-0.1, -0.05) is 6.07 Å². The maximum Gasteiger partial charge on any atom is 0.246 e. The molecule has 0 saturated heterocycles. The molecule has 18 heavy (non-hydrogen) atoms. The van der Waals surface area contributed by atoms with Crippen LogP contribution in [-0.2, 0) is 11.2 Å². The minimum Gasteiger partial charge on any atom is -0.352 e. The van der Waals surface area contributed by atoms with Gasteiger partial charge in [0.25, 0.3) is 0 Å². The lowest BCUT2D eigenvalue weighted by Crippen LogP contribution is -2.26. The molecule has 0 radical (unpaired) electrons. The molecule has 1 N–H and O–H groups in total. The molecular formula is C13H14N2OS2. The van der Waals surface area contributed by atoms with E-state index in [0.717, 1.165) is 22.6 Å². The summed E-state index contributed by atoms with van der Waals surface area (Å²) >= 11 is 3.20. The molecule has 0 saturated carbocycles. The van der Waals surface area contributed by atoms with E-state index in [9.17, 15) is 4.79 Å². The van der Waals surface area contributed by atoms with Crippen LogP contribution in [0.15, 0.2) is 34.0 Å². The summed E-state index contributed by atoms with van der Waals surface area (Å²) in [5.74, 6) is -0.0152. The van der Waals surface area contributed by atoms with Gasteiger partial charge in [-0.15, -0.1) is 22.7 Å². The van der Waals surface area contributed by atoms with Crippen LogP contribution in [0.25, 0.3) is 6.08 Å². The summed E-state index contributed by atoms with van der Waals surface area (Å²) in [5, 5.41) is 6.89. The maximum atomic E-state index is 11.8. The standard InChI is InChI=1S/C13H14N2OS2/c1-10(7-12-3-2-6-18-12)13(16)14-5-4-11-8-17-9-15-11/h2-3,6-9H,4-5H2,1H3,(H,14,16)/b10-7+. The van der Waals surface area contributed by atoms with Crippen molar-refractivity contribution in [2.45, 2.75) is 13.3 Å². The van der Waals surface area contributed by atoms with Crippen LogP contribution >= 0.6 is 22.7 Å². The van der Waals surface area contributed by atoms with Crippen molar-refractivity contribution >= 4 is 34.7 Å². The number of hydrogen-bond donors (Lipinski definition) is 1. The lowest BCUT2D eigenvalue weighted by atomic mass is 10.2. The smallest absolute Gasteiger partial charge is 0.246 e. The van der Waals surface area contributed by atoms with Crippen LogP contribution in [0.1, 0.15) is 17.5 Å². The van der Waals surface area contributed by atoms with Crippen LogP contribution in [0.3, 0.4) is 0 Å². The average molecular weight is 278 g/mol. The largest absolute Gasteiger partial charge is 0.352 e. The van der Waals surface area contributed by atoms with Crippen LogP contribution in [0, 0.1) is 0 Å². The van der Waals surface area contributed by atoms with Crippen LogP contribution in [0.4, 0.5) is 0 Å². The zero-order valence-corrected chi connectivity index (χ0v) is 11.7. The van der Waals surface area contributed by atoms with E-state index in [0.29, 0.717) is 6.54 Å². The van der Waals surface area contributed by atoms with E-state index >= 15 is 0 Å². The van der Waals surface area contributed by atoms with Crippen LogP contribution in [0.2, 0.25) is 0 Å². The van der Waals surface area contributed by atoms with E-state index < -0.39 is 0 Å². The molecule has 1 amide bonds. The molecule has 2 rings (SSSR count). The van der Waals surface area contributed by atoms with Crippen molar-refractivity contribution in [2.75, 3.05) is 6.54 Å². The lowest BCUT2D eigenvalue weighted by Gasteiger charge is -2.03. The van der Waals surface area contributed by atoms with E-state index in [1.807, 2.05) is 35.9 Å². The highest BCUT2D eigenvalue weighted by atomic mass is 32.1. The normalized spacial score (nSPS) is 11.5. The average Bonchev–Trinajstić information content (AvgIpc) is 3.01. The zero-order valence-electron chi connectivity index (χ0n) is 10.1. The Morgan fingerprint density at radius 1 is 1.56 bits per heavy atom. The second kappa shape index (κ2) is 6.47. The van der Waals surface area contributed by atoms with Gasteiger partial charge in [-0.05, 0) is 24.4 Å². The molecule has 2 aromatic heterocycles. The molecule has 0 aromatic carbocycles. The van der Waals surface area contributed by atoms with Gasteiger partial charge in [0.15, 0.2) is 0 Å². The van der Waals surface area contributed by atoms with E-state index in [1.165, 1.54) is 0 Å². The van der Waals surface area contributed by atoms with Crippen molar-refractivity contribution < 1.29 is 4.79 Å². The number of thiazole rings is 1. The summed E-state index contributed by atoms with van der Waals surface area (Å²) in [7, 11) is 0. The van der Waals surface area contributed by atoms with Gasteiger partial charge < -0.3 is 5.32 Å². The number of carbonyl (C=O) groups is 1. The third kappa shape index (κ3) is 3.78. The Kier molecular flexibility index (Phi) is 4.66. The number of amides is 1. The maximum absolute atomic E-state index is 11.8. The Morgan fingerprint density at radius 2 is 2.44 bits per heavy atom. The molecule has 2 aromatic rings. The molecule has 2 heterocycles. The summed E-state index contributed by atoms with van der Waals surface area (Å²) in [4.78, 5) is 17.1. The minimum absolute atomic E-state index is 0.0152. The van der Waals surface area contributed by atoms with Crippen molar-refractivity contribution in [3.8, 4) is 0 Å². The van der Waals surface area contributed by atoms with Crippen molar-refractivity contribution in [3.05, 3.63) is 44.5 Å². The fraction of sp³-hybridized carbons (Fsp3) is 0.231. The highest BCUT2D eigenvalue weighted by molar-refractivity contribution is 7.10. The fourth-order valence-electron chi connectivity index (χ4n) is 1.46. The number of hydrogen-bond acceptors (Lipinski definition) is 4. The number of nitrogens with zero attached hydrogens (tertiary/aromatic N) is 1. The molecule has 0 fully saturated rings. The summed E-state index contributed by atoms with van der Waals surface area (Å²) in [5.41, 5.74) is 3.56. The predicted molar refractivity (Wildman–Crippen MR) is 76.8 cm³/mol. The van der Waals surface area contributed by atoms with Gasteiger partial charge in [-0.2, -0.15) is 0 Å². The molecule has 0 bridgehead atoms. The first-order valence-electron chi connectivity index (χ1n) is 5.63. The Bertz CT molecular complexity index is 515. The number of carbonyl (C=O) groups excluding carboxylic acids is 1. The summed E-state index contributed by atoms with van der Waals surface area (Å²) in [6.45, 7) is 2.45. The monoisotopic (exact) mass is 278 g/mol. The molecule has 0 unspecified atom stereocenters.